The molecule has 0 aliphatic carbocycles. The van der Waals surface area contributed by atoms with E-state index in [1.54, 1.807) is 0 Å². The van der Waals surface area contributed by atoms with Crippen LogP contribution < -0.4 is 15.8 Å². The van der Waals surface area contributed by atoms with Gasteiger partial charge in [-0.25, -0.2) is 14.6 Å². The van der Waals surface area contributed by atoms with Crippen LogP contribution in [0.3, 0.4) is 0 Å². The van der Waals surface area contributed by atoms with Crippen LogP contribution in [0.2, 0.25) is 0 Å². The van der Waals surface area contributed by atoms with E-state index in [1.165, 1.54) is 6.33 Å². The molecule has 3 atom stereocenters. The molecule has 36 heavy (non-hydrogen) atoms. The lowest BCUT2D eigenvalue weighted by Crippen LogP contribution is -2.55. The molecular formula is C27H31N7O2. The van der Waals surface area contributed by atoms with Crippen molar-refractivity contribution in [2.24, 2.45) is 0 Å². The van der Waals surface area contributed by atoms with Crippen molar-refractivity contribution in [3.63, 3.8) is 0 Å². The first-order chi connectivity index (χ1) is 17.6. The lowest BCUT2D eigenvalue weighted by atomic mass is 10.00. The number of piperidine rings is 1. The zero-order valence-electron chi connectivity index (χ0n) is 20.5. The van der Waals surface area contributed by atoms with E-state index < -0.39 is 0 Å². The first-order valence-electron chi connectivity index (χ1n) is 12.3. The van der Waals surface area contributed by atoms with E-state index in [0.717, 1.165) is 53.7 Å². The molecule has 9 nitrogen and oxygen atoms in total. The maximum atomic E-state index is 11.8. The lowest BCUT2D eigenvalue weighted by molar-refractivity contribution is -0.114. The molecule has 1 fully saturated rings. The maximum absolute atomic E-state index is 11.8. The predicted octanol–water partition coefficient (Wildman–Crippen LogP) is 4.03. The Labute approximate surface area is 210 Å². The minimum Gasteiger partial charge on any atom is -0.457 e. The first-order valence-corrected chi connectivity index (χ1v) is 12.3. The number of hydrogen-bond acceptors (Lipinski definition) is 8. The van der Waals surface area contributed by atoms with Gasteiger partial charge in [-0.3, -0.25) is 4.90 Å². The van der Waals surface area contributed by atoms with Gasteiger partial charge in [-0.1, -0.05) is 25.1 Å². The fourth-order valence-electron chi connectivity index (χ4n) is 5.02. The Hall–Kier alpha value is -3.82. The van der Waals surface area contributed by atoms with Crippen LogP contribution in [0.4, 0.5) is 5.82 Å². The summed E-state index contributed by atoms with van der Waals surface area (Å²) in [5, 5.41) is 9.10. The van der Waals surface area contributed by atoms with E-state index in [4.69, 9.17) is 15.6 Å². The molecule has 186 valence electrons. The number of nitrogens with zero attached hydrogens (tertiary/aromatic N) is 5. The molecule has 0 spiro atoms. The molecule has 3 heterocycles. The van der Waals surface area contributed by atoms with Gasteiger partial charge < -0.3 is 20.6 Å². The molecule has 3 unspecified atom stereocenters. The van der Waals surface area contributed by atoms with Gasteiger partial charge in [-0.2, -0.15) is 5.10 Å². The Balaban J connectivity index is 1.49. The highest BCUT2D eigenvalue weighted by Crippen LogP contribution is 2.35. The molecule has 1 aliphatic heterocycles. The molecule has 4 aromatic rings. The van der Waals surface area contributed by atoms with Crippen molar-refractivity contribution in [3.05, 3.63) is 60.9 Å². The van der Waals surface area contributed by atoms with Crippen molar-refractivity contribution in [3.8, 4) is 22.8 Å². The average Bonchev–Trinajstić information content (AvgIpc) is 3.31. The molecule has 2 aromatic carbocycles. The third-order valence-corrected chi connectivity index (χ3v) is 6.90. The summed E-state index contributed by atoms with van der Waals surface area (Å²) in [5.74, 6) is 1.91. The number of aromatic nitrogens is 4. The number of ether oxygens (including phenoxy) is 1. The summed E-state index contributed by atoms with van der Waals surface area (Å²) < 4.78 is 7.91. The second kappa shape index (κ2) is 10.4. The van der Waals surface area contributed by atoms with Crippen LogP contribution in [0.15, 0.2) is 60.9 Å². The molecule has 1 aliphatic rings. The number of likely N-dealkylation sites (tertiary alicyclic amines) is 1. The molecule has 9 heteroatoms. The number of carbonyl (C=O) groups is 1. The van der Waals surface area contributed by atoms with Crippen molar-refractivity contribution >= 4 is 23.1 Å². The number of carbonyl (C=O) groups excluding carboxylic acids is 1. The van der Waals surface area contributed by atoms with Crippen LogP contribution in [-0.2, 0) is 4.79 Å². The summed E-state index contributed by atoms with van der Waals surface area (Å²) in [5.41, 5.74) is 8.68. The number of rotatable bonds is 8. The largest absolute Gasteiger partial charge is 0.457 e. The summed E-state index contributed by atoms with van der Waals surface area (Å²) in [4.78, 5) is 22.8. The number of nitrogens with two attached hydrogens (primary N) is 1. The highest BCUT2D eigenvalue weighted by Gasteiger charge is 2.34. The number of benzene rings is 2. The number of para-hydroxylation sites is 1. The van der Waals surface area contributed by atoms with Gasteiger partial charge >= 0.3 is 0 Å². The number of aldehydes is 1. The van der Waals surface area contributed by atoms with Gasteiger partial charge in [0.25, 0.3) is 0 Å². The molecule has 0 bridgehead atoms. The third kappa shape index (κ3) is 4.55. The zero-order valence-corrected chi connectivity index (χ0v) is 20.5. The van der Waals surface area contributed by atoms with E-state index in [-0.39, 0.29) is 18.2 Å². The predicted molar refractivity (Wildman–Crippen MR) is 140 cm³/mol. The highest BCUT2D eigenvalue weighted by atomic mass is 16.5. The molecule has 5 rings (SSSR count). The zero-order chi connectivity index (χ0) is 25.1. The Kier molecular flexibility index (Phi) is 6.92. The van der Waals surface area contributed by atoms with E-state index >= 15 is 0 Å². The smallest absolute Gasteiger partial charge is 0.164 e. The van der Waals surface area contributed by atoms with Gasteiger partial charge in [-0.05, 0) is 62.7 Å². The Bertz CT molecular complexity index is 1320. The standard InChI is InChI=1S/C27H31N7O2/c1-3-19(16-35)33-15-20(11-14-23(33)29-2)34-27-24(26(28)30-17-31-27)25(32-34)18-9-12-22(13-10-18)36-21-7-5-4-6-8-21/h4-10,12-13,16-17,19-20,23,29H,3,11,14-15H2,1-2H3,(H2,28,30,31). The van der Waals surface area contributed by atoms with E-state index in [0.29, 0.717) is 18.0 Å². The normalized spacial score (nSPS) is 19.3. The third-order valence-electron chi connectivity index (χ3n) is 6.90. The molecule has 0 saturated carbocycles. The van der Waals surface area contributed by atoms with Gasteiger partial charge in [0.1, 0.15) is 35.6 Å². The van der Waals surface area contributed by atoms with E-state index in [2.05, 4.69) is 20.2 Å². The fourth-order valence-corrected chi connectivity index (χ4v) is 5.02. The molecule has 0 amide bonds. The van der Waals surface area contributed by atoms with Crippen LogP contribution in [0.25, 0.3) is 22.3 Å². The summed E-state index contributed by atoms with van der Waals surface area (Å²) in [6.45, 7) is 2.72. The number of nitrogens with one attached hydrogen (secondary N) is 1. The second-order valence-corrected chi connectivity index (χ2v) is 9.03. The Morgan fingerprint density at radius 3 is 2.56 bits per heavy atom. The topological polar surface area (TPSA) is 111 Å². The van der Waals surface area contributed by atoms with Crippen LogP contribution in [0, 0.1) is 0 Å². The highest BCUT2D eigenvalue weighted by molar-refractivity contribution is 5.98. The minimum atomic E-state index is -0.150. The molecule has 2 aromatic heterocycles. The van der Waals surface area contributed by atoms with Crippen molar-refractivity contribution in [1.29, 1.82) is 0 Å². The first kappa shape index (κ1) is 23.9. The molecular weight excluding hydrogens is 454 g/mol. The molecule has 3 N–H and O–H groups in total. The molecule has 0 radical (unpaired) electrons. The van der Waals surface area contributed by atoms with Crippen molar-refractivity contribution in [1.82, 2.24) is 30.0 Å². The van der Waals surface area contributed by atoms with Crippen LogP contribution in [0.1, 0.15) is 32.2 Å². The van der Waals surface area contributed by atoms with Gasteiger partial charge in [0.05, 0.1) is 23.6 Å². The quantitative estimate of drug-likeness (QED) is 0.360. The monoisotopic (exact) mass is 485 g/mol. The average molecular weight is 486 g/mol. The summed E-state index contributed by atoms with van der Waals surface area (Å²) >= 11 is 0. The lowest BCUT2D eigenvalue weighted by Gasteiger charge is -2.42. The van der Waals surface area contributed by atoms with Crippen LogP contribution >= 0.6 is 0 Å². The van der Waals surface area contributed by atoms with E-state index in [9.17, 15) is 4.79 Å². The number of anilines is 1. The minimum absolute atomic E-state index is 0.0508. The number of hydrogen-bond donors (Lipinski definition) is 2. The molecule has 1 saturated heterocycles. The van der Waals surface area contributed by atoms with Gasteiger partial charge in [0.15, 0.2) is 5.65 Å². The Morgan fingerprint density at radius 1 is 1.11 bits per heavy atom. The van der Waals surface area contributed by atoms with Gasteiger partial charge in [0, 0.05) is 12.1 Å². The number of nitrogen functional groups attached to an aromatic ring is 1. The summed E-state index contributed by atoms with van der Waals surface area (Å²) in [6, 6.07) is 17.4. The SMILES string of the molecule is CCC(C=O)N1CC(n2nc(-c3ccc(Oc4ccccc4)cc3)c3c(N)ncnc32)CCC1NC. The van der Waals surface area contributed by atoms with Crippen molar-refractivity contribution in [2.75, 3.05) is 19.3 Å². The Morgan fingerprint density at radius 2 is 1.86 bits per heavy atom. The van der Waals surface area contributed by atoms with Crippen LogP contribution in [0.5, 0.6) is 11.5 Å². The summed E-state index contributed by atoms with van der Waals surface area (Å²) in [7, 11) is 1.94. The summed E-state index contributed by atoms with van der Waals surface area (Å²) in [6.07, 6.45) is 5.22. The van der Waals surface area contributed by atoms with Gasteiger partial charge in [0.2, 0.25) is 0 Å². The second-order valence-electron chi connectivity index (χ2n) is 9.03. The van der Waals surface area contributed by atoms with E-state index in [1.807, 2.05) is 73.3 Å². The fraction of sp³-hybridized carbons (Fsp3) is 0.333. The van der Waals surface area contributed by atoms with Crippen molar-refractivity contribution in [2.45, 2.75) is 44.4 Å². The van der Waals surface area contributed by atoms with Gasteiger partial charge in [-0.15, -0.1) is 0 Å². The number of fused-ring (bicyclic) bond motifs is 1. The van der Waals surface area contributed by atoms with Crippen molar-refractivity contribution < 1.29 is 9.53 Å². The van der Waals surface area contributed by atoms with Crippen LogP contribution in [-0.4, -0.2) is 56.7 Å². The maximum Gasteiger partial charge on any atom is 0.164 e.